The summed E-state index contributed by atoms with van der Waals surface area (Å²) in [6.07, 6.45) is 1.36. The number of hydrogen-bond donors (Lipinski definition) is 1. The van der Waals surface area contributed by atoms with Gasteiger partial charge < -0.3 is 5.11 Å². The number of carboxylic acids is 1. The molecular formula is C13H15Cl2FO2S. The van der Waals surface area contributed by atoms with Crippen molar-refractivity contribution in [3.8, 4) is 0 Å². The van der Waals surface area contributed by atoms with Crippen molar-refractivity contribution in [3.05, 3.63) is 28.8 Å². The van der Waals surface area contributed by atoms with Gasteiger partial charge in [-0.05, 0) is 30.2 Å². The summed E-state index contributed by atoms with van der Waals surface area (Å²) in [5.74, 6) is -0.289. The number of carboxylic acid groups (broad SMARTS) is 1. The van der Waals surface area contributed by atoms with E-state index in [-0.39, 0.29) is 11.1 Å². The molecule has 0 heterocycles. The van der Waals surface area contributed by atoms with Gasteiger partial charge in [-0.15, -0.1) is 11.8 Å². The maximum Gasteiger partial charge on any atom is 0.336 e. The zero-order chi connectivity index (χ0) is 14.6. The van der Waals surface area contributed by atoms with Crippen LogP contribution in [0.1, 0.15) is 41.8 Å². The molecule has 0 amide bonds. The summed E-state index contributed by atoms with van der Waals surface area (Å²) in [5, 5.41) is 9.17. The highest BCUT2D eigenvalue weighted by atomic mass is 35.5. The molecule has 0 bridgehead atoms. The molecule has 0 unspecified atom stereocenters. The lowest BCUT2D eigenvalue weighted by atomic mass is 10.0. The van der Waals surface area contributed by atoms with Gasteiger partial charge in [0.25, 0.3) is 4.59 Å². The smallest absolute Gasteiger partial charge is 0.336 e. The molecule has 106 valence electrons. The van der Waals surface area contributed by atoms with Crippen molar-refractivity contribution >= 4 is 40.9 Å². The fraction of sp³-hybridized carbons (Fsp3) is 0.462. The van der Waals surface area contributed by atoms with Crippen LogP contribution in [-0.4, -0.2) is 16.8 Å². The van der Waals surface area contributed by atoms with E-state index in [1.54, 1.807) is 0 Å². The summed E-state index contributed by atoms with van der Waals surface area (Å²) in [7, 11) is 0. The van der Waals surface area contributed by atoms with Gasteiger partial charge in [0.2, 0.25) is 0 Å². The Hall–Kier alpha value is -0.450. The number of carbonyl (C=O) groups is 1. The second-order valence-corrected chi connectivity index (χ2v) is 6.31. The van der Waals surface area contributed by atoms with Crippen molar-refractivity contribution in [2.75, 3.05) is 5.75 Å². The third kappa shape index (κ3) is 4.01. The van der Waals surface area contributed by atoms with Gasteiger partial charge in [-0.25, -0.2) is 9.18 Å². The monoisotopic (exact) mass is 324 g/mol. The van der Waals surface area contributed by atoms with Crippen LogP contribution in [-0.2, 0) is 11.0 Å². The van der Waals surface area contributed by atoms with Crippen LogP contribution >= 0.6 is 35.0 Å². The van der Waals surface area contributed by atoms with E-state index in [1.807, 2.05) is 13.8 Å². The molecule has 0 aliphatic rings. The van der Waals surface area contributed by atoms with E-state index in [0.29, 0.717) is 16.9 Å². The van der Waals surface area contributed by atoms with Crippen molar-refractivity contribution in [1.29, 1.82) is 0 Å². The summed E-state index contributed by atoms with van der Waals surface area (Å²) < 4.78 is 11.3. The lowest BCUT2D eigenvalue weighted by molar-refractivity contribution is 0.0695. The minimum Gasteiger partial charge on any atom is -0.478 e. The molecule has 19 heavy (non-hydrogen) atoms. The topological polar surface area (TPSA) is 37.3 Å². The van der Waals surface area contributed by atoms with Crippen molar-refractivity contribution in [3.63, 3.8) is 0 Å². The van der Waals surface area contributed by atoms with Crippen LogP contribution in [0.25, 0.3) is 0 Å². The number of benzene rings is 1. The van der Waals surface area contributed by atoms with E-state index in [1.165, 1.54) is 23.9 Å². The van der Waals surface area contributed by atoms with Crippen LogP contribution in [0.15, 0.2) is 17.0 Å². The molecule has 1 rings (SSSR count). The van der Waals surface area contributed by atoms with Crippen LogP contribution in [0.5, 0.6) is 0 Å². The Morgan fingerprint density at radius 2 is 2.05 bits per heavy atom. The predicted octanol–water partition coefficient (Wildman–Crippen LogP) is 5.01. The quantitative estimate of drug-likeness (QED) is 0.590. The molecule has 1 aromatic carbocycles. The maximum atomic E-state index is 13.8. The first kappa shape index (κ1) is 16.6. The first-order chi connectivity index (χ1) is 8.82. The Morgan fingerprint density at radius 1 is 1.42 bits per heavy atom. The van der Waals surface area contributed by atoms with Gasteiger partial charge in [-0.3, -0.25) is 0 Å². The first-order valence-corrected chi connectivity index (χ1v) is 7.66. The minimum atomic E-state index is -2.52. The molecule has 0 saturated heterocycles. The number of hydrogen-bond acceptors (Lipinski definition) is 2. The molecule has 0 fully saturated rings. The van der Waals surface area contributed by atoms with Crippen LogP contribution in [0.2, 0.25) is 0 Å². The summed E-state index contributed by atoms with van der Waals surface area (Å²) in [6, 6.07) is 2.70. The van der Waals surface area contributed by atoms with E-state index in [2.05, 4.69) is 0 Å². The average Bonchev–Trinajstić information content (AvgIpc) is 2.33. The van der Waals surface area contributed by atoms with Gasteiger partial charge >= 0.3 is 5.97 Å². The largest absolute Gasteiger partial charge is 0.478 e. The molecule has 0 saturated carbocycles. The van der Waals surface area contributed by atoms with Gasteiger partial charge in [0.15, 0.2) is 0 Å². The van der Waals surface area contributed by atoms with Gasteiger partial charge in [0.05, 0.1) is 5.56 Å². The maximum absolute atomic E-state index is 13.8. The molecule has 0 aromatic heterocycles. The number of alkyl halides is 3. The number of rotatable bonds is 6. The summed E-state index contributed by atoms with van der Waals surface area (Å²) in [4.78, 5) is 11.7. The fourth-order valence-electron chi connectivity index (χ4n) is 1.77. The van der Waals surface area contributed by atoms with E-state index < -0.39 is 10.6 Å². The second kappa shape index (κ2) is 6.82. The Labute approximate surface area is 126 Å². The SMILES string of the molecule is CCCSc1c(C(F)(Cl)Cl)ccc(C(=O)O)c1CC. The van der Waals surface area contributed by atoms with Gasteiger partial charge in [0, 0.05) is 10.5 Å². The van der Waals surface area contributed by atoms with Crippen LogP contribution < -0.4 is 0 Å². The number of thioether (sulfide) groups is 1. The molecule has 0 aliphatic carbocycles. The van der Waals surface area contributed by atoms with Gasteiger partial charge in [-0.1, -0.05) is 43.1 Å². The third-order valence-corrected chi connectivity index (χ3v) is 4.37. The number of aromatic carboxylic acids is 1. The Balaban J connectivity index is 3.46. The normalized spacial score (nSPS) is 11.6. The predicted molar refractivity (Wildman–Crippen MR) is 78.3 cm³/mol. The second-order valence-electron chi connectivity index (χ2n) is 3.97. The average molecular weight is 325 g/mol. The Kier molecular flexibility index (Phi) is 5.96. The molecule has 0 radical (unpaired) electrons. The van der Waals surface area contributed by atoms with E-state index >= 15 is 0 Å². The van der Waals surface area contributed by atoms with Gasteiger partial charge in [0.1, 0.15) is 0 Å². The van der Waals surface area contributed by atoms with Crippen LogP contribution in [0.3, 0.4) is 0 Å². The highest BCUT2D eigenvalue weighted by Gasteiger charge is 2.31. The number of halogens is 3. The van der Waals surface area contributed by atoms with Crippen LogP contribution in [0, 0.1) is 0 Å². The van der Waals surface area contributed by atoms with Crippen molar-refractivity contribution in [2.45, 2.75) is 36.2 Å². The van der Waals surface area contributed by atoms with Gasteiger partial charge in [-0.2, -0.15) is 0 Å². The van der Waals surface area contributed by atoms with Crippen LogP contribution in [0.4, 0.5) is 4.39 Å². The molecule has 1 aromatic rings. The Morgan fingerprint density at radius 3 is 2.47 bits per heavy atom. The lowest BCUT2D eigenvalue weighted by Crippen LogP contribution is -2.11. The standard InChI is InChI=1S/C13H15Cl2FO2S/c1-3-7-19-11-8(4-2)9(12(17)18)5-6-10(11)13(14,15)16/h5-6H,3-4,7H2,1-2H3,(H,17,18). The molecule has 0 aliphatic heterocycles. The van der Waals surface area contributed by atoms with E-state index in [9.17, 15) is 14.3 Å². The zero-order valence-electron chi connectivity index (χ0n) is 10.7. The molecule has 1 N–H and O–H groups in total. The highest BCUT2D eigenvalue weighted by molar-refractivity contribution is 7.99. The molecule has 0 atom stereocenters. The van der Waals surface area contributed by atoms with E-state index in [0.717, 1.165) is 12.2 Å². The minimum absolute atomic E-state index is 0.121. The molecule has 6 heteroatoms. The summed E-state index contributed by atoms with van der Waals surface area (Å²) in [6.45, 7) is 3.81. The summed E-state index contributed by atoms with van der Waals surface area (Å²) >= 11 is 12.5. The highest BCUT2D eigenvalue weighted by Crippen LogP contribution is 2.43. The van der Waals surface area contributed by atoms with Crippen molar-refractivity contribution in [2.24, 2.45) is 0 Å². The molecule has 2 nitrogen and oxygen atoms in total. The fourth-order valence-corrected chi connectivity index (χ4v) is 3.40. The molecular weight excluding hydrogens is 310 g/mol. The van der Waals surface area contributed by atoms with Crippen molar-refractivity contribution in [1.82, 2.24) is 0 Å². The third-order valence-electron chi connectivity index (χ3n) is 2.60. The van der Waals surface area contributed by atoms with Crippen molar-refractivity contribution < 1.29 is 14.3 Å². The van der Waals surface area contributed by atoms with E-state index in [4.69, 9.17) is 23.2 Å². The lowest BCUT2D eigenvalue weighted by Gasteiger charge is -2.19. The summed E-state index contributed by atoms with van der Waals surface area (Å²) in [5.41, 5.74) is 0.866. The Bertz CT molecular complexity index is 472. The zero-order valence-corrected chi connectivity index (χ0v) is 13.0. The first-order valence-electron chi connectivity index (χ1n) is 5.92. The molecule has 0 spiro atoms.